The molecule has 4 nitrogen and oxygen atoms in total. The molecule has 0 amide bonds. The van der Waals surface area contributed by atoms with Gasteiger partial charge in [0.25, 0.3) is 0 Å². The van der Waals surface area contributed by atoms with Gasteiger partial charge in [0.1, 0.15) is 5.82 Å². The van der Waals surface area contributed by atoms with E-state index >= 15 is 0 Å². The normalized spacial score (nSPS) is 10.4. The SMILES string of the molecule is Cc1cc(Nc2cccc(Cl)c2Cl)nc(Nc2ccccc2)n1. The van der Waals surface area contributed by atoms with E-state index in [1.807, 2.05) is 55.5 Å². The number of para-hydroxylation sites is 1. The molecule has 116 valence electrons. The Bertz CT molecular complexity index is 822. The predicted molar refractivity (Wildman–Crippen MR) is 96.2 cm³/mol. The van der Waals surface area contributed by atoms with E-state index in [9.17, 15) is 0 Å². The zero-order chi connectivity index (χ0) is 16.2. The van der Waals surface area contributed by atoms with Crippen LogP contribution in [0.1, 0.15) is 5.69 Å². The average molecular weight is 345 g/mol. The largest absolute Gasteiger partial charge is 0.339 e. The third kappa shape index (κ3) is 3.92. The average Bonchev–Trinajstić information content (AvgIpc) is 2.52. The molecule has 0 radical (unpaired) electrons. The second-order valence-electron chi connectivity index (χ2n) is 4.94. The molecule has 0 spiro atoms. The Kier molecular flexibility index (Phi) is 4.65. The molecule has 0 saturated heterocycles. The Hall–Kier alpha value is -2.30. The lowest BCUT2D eigenvalue weighted by Crippen LogP contribution is -2.02. The topological polar surface area (TPSA) is 49.8 Å². The van der Waals surface area contributed by atoms with Crippen molar-refractivity contribution in [2.24, 2.45) is 0 Å². The van der Waals surface area contributed by atoms with Crippen molar-refractivity contribution < 1.29 is 0 Å². The number of hydrogen-bond acceptors (Lipinski definition) is 4. The summed E-state index contributed by atoms with van der Waals surface area (Å²) in [4.78, 5) is 8.85. The van der Waals surface area contributed by atoms with Crippen molar-refractivity contribution >= 4 is 46.3 Å². The molecule has 1 heterocycles. The smallest absolute Gasteiger partial charge is 0.229 e. The summed E-state index contributed by atoms with van der Waals surface area (Å²) in [7, 11) is 0. The Morgan fingerprint density at radius 2 is 1.65 bits per heavy atom. The number of halogens is 2. The van der Waals surface area contributed by atoms with Crippen LogP contribution >= 0.6 is 23.2 Å². The molecule has 3 aromatic rings. The molecule has 0 fully saturated rings. The number of rotatable bonds is 4. The summed E-state index contributed by atoms with van der Waals surface area (Å²) >= 11 is 12.2. The van der Waals surface area contributed by atoms with Gasteiger partial charge in [0.05, 0.1) is 15.7 Å². The van der Waals surface area contributed by atoms with Gasteiger partial charge in [0.15, 0.2) is 0 Å². The summed E-state index contributed by atoms with van der Waals surface area (Å²) in [6, 6.07) is 17.0. The zero-order valence-corrected chi connectivity index (χ0v) is 13.9. The number of benzene rings is 2. The Balaban J connectivity index is 1.87. The third-order valence-corrected chi connectivity index (χ3v) is 3.92. The number of aryl methyl sites for hydroxylation is 1. The molecule has 0 aliphatic heterocycles. The van der Waals surface area contributed by atoms with Gasteiger partial charge in [-0.05, 0) is 31.2 Å². The highest BCUT2D eigenvalue weighted by atomic mass is 35.5. The van der Waals surface area contributed by atoms with Crippen LogP contribution in [0.2, 0.25) is 10.0 Å². The Labute approximate surface area is 144 Å². The van der Waals surface area contributed by atoms with Crippen molar-refractivity contribution in [3.63, 3.8) is 0 Å². The summed E-state index contributed by atoms with van der Waals surface area (Å²) in [5.41, 5.74) is 2.45. The molecule has 2 N–H and O–H groups in total. The molecule has 1 aromatic heterocycles. The van der Waals surface area contributed by atoms with E-state index in [0.717, 1.165) is 11.4 Å². The van der Waals surface area contributed by atoms with Crippen molar-refractivity contribution in [1.29, 1.82) is 0 Å². The van der Waals surface area contributed by atoms with Gasteiger partial charge in [-0.2, -0.15) is 4.98 Å². The van der Waals surface area contributed by atoms with Crippen LogP contribution in [0.5, 0.6) is 0 Å². The number of nitrogens with one attached hydrogen (secondary N) is 2. The fourth-order valence-electron chi connectivity index (χ4n) is 2.08. The molecule has 0 unspecified atom stereocenters. The van der Waals surface area contributed by atoms with E-state index < -0.39 is 0 Å². The maximum Gasteiger partial charge on any atom is 0.229 e. The van der Waals surface area contributed by atoms with Crippen molar-refractivity contribution in [3.8, 4) is 0 Å². The molecular weight excluding hydrogens is 331 g/mol. The molecule has 2 aromatic carbocycles. The fourth-order valence-corrected chi connectivity index (χ4v) is 2.43. The molecule has 0 bridgehead atoms. The molecule has 0 atom stereocenters. The molecule has 6 heteroatoms. The van der Waals surface area contributed by atoms with Crippen LogP contribution in [0.4, 0.5) is 23.1 Å². The molecule has 0 aliphatic carbocycles. The summed E-state index contributed by atoms with van der Waals surface area (Å²) < 4.78 is 0. The van der Waals surface area contributed by atoms with Gasteiger partial charge in [-0.15, -0.1) is 0 Å². The first kappa shape index (κ1) is 15.6. The van der Waals surface area contributed by atoms with Crippen LogP contribution in [-0.2, 0) is 0 Å². The number of anilines is 4. The molecule has 23 heavy (non-hydrogen) atoms. The maximum atomic E-state index is 6.20. The minimum Gasteiger partial charge on any atom is -0.339 e. The van der Waals surface area contributed by atoms with Crippen LogP contribution in [0, 0.1) is 6.92 Å². The lowest BCUT2D eigenvalue weighted by atomic mass is 10.3. The van der Waals surface area contributed by atoms with E-state index in [2.05, 4.69) is 20.6 Å². The number of nitrogens with zero attached hydrogens (tertiary/aromatic N) is 2. The first-order chi connectivity index (χ1) is 11.1. The van der Waals surface area contributed by atoms with Crippen molar-refractivity contribution in [1.82, 2.24) is 9.97 Å². The van der Waals surface area contributed by atoms with Crippen molar-refractivity contribution in [3.05, 3.63) is 70.3 Å². The van der Waals surface area contributed by atoms with Crippen molar-refractivity contribution in [2.75, 3.05) is 10.6 Å². The van der Waals surface area contributed by atoms with Gasteiger partial charge in [0, 0.05) is 17.4 Å². The predicted octanol–water partition coefficient (Wildman–Crippen LogP) is 5.58. The van der Waals surface area contributed by atoms with Crippen LogP contribution in [-0.4, -0.2) is 9.97 Å². The maximum absolute atomic E-state index is 6.20. The summed E-state index contributed by atoms with van der Waals surface area (Å²) in [5, 5.41) is 7.30. The van der Waals surface area contributed by atoms with E-state index in [-0.39, 0.29) is 0 Å². The standard InChI is InChI=1S/C17H14Cl2N4/c1-11-10-15(22-14-9-5-8-13(18)16(14)19)23-17(20-11)21-12-6-3-2-4-7-12/h2-10H,1H3,(H2,20,21,22,23). The lowest BCUT2D eigenvalue weighted by molar-refractivity contribution is 1.11. The molecular formula is C17H14Cl2N4. The van der Waals surface area contributed by atoms with Gasteiger partial charge in [0.2, 0.25) is 5.95 Å². The second-order valence-corrected chi connectivity index (χ2v) is 5.72. The Morgan fingerprint density at radius 3 is 2.43 bits per heavy atom. The highest BCUT2D eigenvalue weighted by Crippen LogP contribution is 2.31. The third-order valence-electron chi connectivity index (χ3n) is 3.10. The highest BCUT2D eigenvalue weighted by molar-refractivity contribution is 6.43. The second kappa shape index (κ2) is 6.86. The molecule has 3 rings (SSSR count). The molecule has 0 saturated carbocycles. The van der Waals surface area contributed by atoms with Crippen LogP contribution in [0.15, 0.2) is 54.6 Å². The summed E-state index contributed by atoms with van der Waals surface area (Å²) in [6.07, 6.45) is 0. The van der Waals surface area contributed by atoms with Crippen LogP contribution < -0.4 is 10.6 Å². The minimum atomic E-state index is 0.461. The van der Waals surface area contributed by atoms with Gasteiger partial charge < -0.3 is 10.6 Å². The van der Waals surface area contributed by atoms with E-state index in [1.165, 1.54) is 0 Å². The Morgan fingerprint density at radius 1 is 0.870 bits per heavy atom. The van der Waals surface area contributed by atoms with Crippen LogP contribution in [0.3, 0.4) is 0 Å². The minimum absolute atomic E-state index is 0.461. The monoisotopic (exact) mass is 344 g/mol. The summed E-state index contributed by atoms with van der Waals surface area (Å²) in [6.45, 7) is 1.91. The summed E-state index contributed by atoms with van der Waals surface area (Å²) in [5.74, 6) is 1.15. The lowest BCUT2D eigenvalue weighted by Gasteiger charge is -2.11. The number of hydrogen-bond donors (Lipinski definition) is 2. The first-order valence-corrected chi connectivity index (χ1v) is 7.76. The van der Waals surface area contributed by atoms with Gasteiger partial charge in [-0.1, -0.05) is 47.5 Å². The number of aromatic nitrogens is 2. The van der Waals surface area contributed by atoms with E-state index in [0.29, 0.717) is 27.5 Å². The van der Waals surface area contributed by atoms with E-state index in [4.69, 9.17) is 23.2 Å². The zero-order valence-electron chi connectivity index (χ0n) is 12.3. The van der Waals surface area contributed by atoms with Crippen molar-refractivity contribution in [2.45, 2.75) is 6.92 Å². The van der Waals surface area contributed by atoms with Gasteiger partial charge >= 0.3 is 0 Å². The van der Waals surface area contributed by atoms with Gasteiger partial charge in [-0.3, -0.25) is 0 Å². The van der Waals surface area contributed by atoms with E-state index in [1.54, 1.807) is 6.07 Å². The fraction of sp³-hybridized carbons (Fsp3) is 0.0588. The highest BCUT2D eigenvalue weighted by Gasteiger charge is 2.07. The van der Waals surface area contributed by atoms with Gasteiger partial charge in [-0.25, -0.2) is 4.98 Å². The van der Waals surface area contributed by atoms with Crippen LogP contribution in [0.25, 0.3) is 0 Å². The molecule has 0 aliphatic rings. The first-order valence-electron chi connectivity index (χ1n) is 7.00. The quantitative estimate of drug-likeness (QED) is 0.648.